The summed E-state index contributed by atoms with van der Waals surface area (Å²) in [5.41, 5.74) is 2.00. The van der Waals surface area contributed by atoms with Crippen molar-refractivity contribution < 1.29 is 0 Å². The Morgan fingerprint density at radius 1 is 1.14 bits per heavy atom. The Morgan fingerprint density at radius 2 is 1.95 bits per heavy atom. The van der Waals surface area contributed by atoms with Crippen LogP contribution in [0.15, 0.2) is 70.6 Å². The Morgan fingerprint density at radius 3 is 2.82 bits per heavy atom. The molecule has 22 heavy (non-hydrogen) atoms. The Labute approximate surface area is 136 Å². The molecule has 3 nitrogen and oxygen atoms in total. The number of hydrogen-bond donors (Lipinski definition) is 1. The van der Waals surface area contributed by atoms with Crippen molar-refractivity contribution in [2.75, 3.05) is 31.9 Å². The first-order chi connectivity index (χ1) is 10.8. The van der Waals surface area contributed by atoms with Gasteiger partial charge in [0.25, 0.3) is 0 Å². The maximum absolute atomic E-state index is 4.96. The van der Waals surface area contributed by atoms with Crippen LogP contribution < -0.4 is 5.32 Å². The summed E-state index contributed by atoms with van der Waals surface area (Å²) < 4.78 is 0. The molecule has 0 amide bonds. The first-order valence-corrected chi connectivity index (χ1v) is 8.62. The van der Waals surface area contributed by atoms with Gasteiger partial charge in [0.2, 0.25) is 0 Å². The molecule has 4 heteroatoms. The number of fused-ring (bicyclic) bond motifs is 1. The monoisotopic (exact) mass is 311 g/mol. The van der Waals surface area contributed by atoms with E-state index in [1.54, 1.807) is 0 Å². The van der Waals surface area contributed by atoms with Crippen LogP contribution in [0.25, 0.3) is 0 Å². The van der Waals surface area contributed by atoms with E-state index in [2.05, 4.69) is 59.3 Å². The Balaban J connectivity index is 2.02. The molecule has 2 heterocycles. The lowest BCUT2D eigenvalue weighted by Crippen LogP contribution is -2.46. The number of benzene rings is 1. The van der Waals surface area contributed by atoms with Gasteiger partial charge in [-0.2, -0.15) is 0 Å². The molecule has 0 saturated carbocycles. The van der Waals surface area contributed by atoms with Gasteiger partial charge in [-0.25, -0.2) is 4.99 Å². The number of thioether (sulfide) groups is 1. The van der Waals surface area contributed by atoms with Crippen LogP contribution in [0.4, 0.5) is 5.69 Å². The van der Waals surface area contributed by atoms with Gasteiger partial charge in [0.15, 0.2) is 0 Å². The maximum Gasteiger partial charge on any atom is 0.136 e. The smallest absolute Gasteiger partial charge is 0.136 e. The minimum atomic E-state index is 0.951. The van der Waals surface area contributed by atoms with Gasteiger partial charge in [-0.1, -0.05) is 43.0 Å². The molecular formula is C18H21N3S. The summed E-state index contributed by atoms with van der Waals surface area (Å²) in [5.74, 6) is 1.94. The van der Waals surface area contributed by atoms with Crippen molar-refractivity contribution in [2.45, 2.75) is 4.90 Å². The number of para-hydroxylation sites is 1. The predicted molar refractivity (Wildman–Crippen MR) is 96.1 cm³/mol. The van der Waals surface area contributed by atoms with Gasteiger partial charge in [-0.05, 0) is 12.1 Å². The van der Waals surface area contributed by atoms with E-state index in [0.717, 1.165) is 49.0 Å². The zero-order chi connectivity index (χ0) is 15.2. The topological polar surface area (TPSA) is 27.6 Å². The quantitative estimate of drug-likeness (QED) is 0.796. The highest BCUT2D eigenvalue weighted by molar-refractivity contribution is 7.99. The number of aliphatic imine (C=N–C) groups is 1. The summed E-state index contributed by atoms with van der Waals surface area (Å²) in [7, 11) is 0. The number of nitrogens with one attached hydrogen (secondary N) is 1. The molecule has 0 spiro atoms. The van der Waals surface area contributed by atoms with Crippen LogP contribution >= 0.6 is 11.8 Å². The summed E-state index contributed by atoms with van der Waals surface area (Å²) in [6.45, 7) is 8.15. The molecule has 3 rings (SSSR count). The van der Waals surface area contributed by atoms with Crippen molar-refractivity contribution in [2.24, 2.45) is 4.99 Å². The zero-order valence-corrected chi connectivity index (χ0v) is 13.5. The first-order valence-electron chi connectivity index (χ1n) is 7.63. The SMILES string of the molecule is C=C1/C=C\C=C/CSc2ccccc2N=C1N1CCNCC1. The fourth-order valence-corrected chi connectivity index (χ4v) is 3.35. The van der Waals surface area contributed by atoms with E-state index >= 15 is 0 Å². The predicted octanol–water partition coefficient (Wildman–Crippen LogP) is 3.40. The number of amidine groups is 1. The second-order valence-electron chi connectivity index (χ2n) is 5.26. The first kappa shape index (κ1) is 15.1. The lowest BCUT2D eigenvalue weighted by Gasteiger charge is -2.30. The number of hydrogen-bond acceptors (Lipinski definition) is 4. The van der Waals surface area contributed by atoms with E-state index in [4.69, 9.17) is 4.99 Å². The van der Waals surface area contributed by atoms with Gasteiger partial charge in [0.1, 0.15) is 5.84 Å². The van der Waals surface area contributed by atoms with Crippen LogP contribution in [0.5, 0.6) is 0 Å². The molecule has 1 N–H and O–H groups in total. The molecule has 1 saturated heterocycles. The van der Waals surface area contributed by atoms with Crippen LogP contribution in [0.2, 0.25) is 0 Å². The Hall–Kier alpha value is -1.78. The van der Waals surface area contributed by atoms with Crippen LogP contribution in [0.1, 0.15) is 0 Å². The van der Waals surface area contributed by atoms with Gasteiger partial charge >= 0.3 is 0 Å². The molecule has 1 aromatic rings. The zero-order valence-electron chi connectivity index (χ0n) is 12.7. The van der Waals surface area contributed by atoms with Crippen molar-refractivity contribution in [3.63, 3.8) is 0 Å². The fraction of sp³-hybridized carbons (Fsp3) is 0.278. The van der Waals surface area contributed by atoms with Gasteiger partial charge in [-0.3, -0.25) is 0 Å². The number of nitrogens with zero attached hydrogens (tertiary/aromatic N) is 2. The summed E-state index contributed by atoms with van der Waals surface area (Å²) >= 11 is 1.82. The third-order valence-corrected chi connectivity index (χ3v) is 4.69. The molecule has 0 bridgehead atoms. The maximum atomic E-state index is 4.96. The second kappa shape index (κ2) is 7.47. The number of rotatable bonds is 0. The highest BCUT2D eigenvalue weighted by Gasteiger charge is 2.17. The highest BCUT2D eigenvalue weighted by atomic mass is 32.2. The van der Waals surface area contributed by atoms with Crippen molar-refractivity contribution in [3.05, 3.63) is 60.7 Å². The fourth-order valence-electron chi connectivity index (χ4n) is 2.53. The number of allylic oxidation sites excluding steroid dienone is 2. The largest absolute Gasteiger partial charge is 0.354 e. The standard InChI is InChI=1S/C18H21N3S/c1-15-7-3-2-6-14-22-17-9-5-4-8-16(17)20-18(15)21-12-10-19-11-13-21/h2-9,19H,1,10-14H2/b6-2-,7-3-,20-18?. The molecular weight excluding hydrogens is 290 g/mol. The van der Waals surface area contributed by atoms with Crippen molar-refractivity contribution >= 4 is 23.3 Å². The summed E-state index contributed by atoms with van der Waals surface area (Å²) in [4.78, 5) is 8.51. The molecule has 2 aliphatic rings. The van der Waals surface area contributed by atoms with Crippen molar-refractivity contribution in [1.29, 1.82) is 0 Å². The lowest BCUT2D eigenvalue weighted by atomic mass is 10.2. The van der Waals surface area contributed by atoms with Crippen molar-refractivity contribution in [3.8, 4) is 0 Å². The van der Waals surface area contributed by atoms with Gasteiger partial charge in [0, 0.05) is 42.4 Å². The Kier molecular flexibility index (Phi) is 5.14. The van der Waals surface area contributed by atoms with Gasteiger partial charge < -0.3 is 10.2 Å². The minimum Gasteiger partial charge on any atom is -0.354 e. The molecule has 0 aromatic heterocycles. The van der Waals surface area contributed by atoms with E-state index < -0.39 is 0 Å². The molecule has 114 valence electrons. The van der Waals surface area contributed by atoms with Crippen LogP contribution in [-0.4, -0.2) is 42.7 Å². The Bertz CT molecular complexity index is 625. The normalized spacial score (nSPS) is 22.3. The summed E-state index contributed by atoms with van der Waals surface area (Å²) in [5, 5.41) is 3.39. The second-order valence-corrected chi connectivity index (χ2v) is 6.33. The van der Waals surface area contributed by atoms with Crippen molar-refractivity contribution in [1.82, 2.24) is 10.2 Å². The average Bonchev–Trinajstić information content (AvgIpc) is 2.60. The molecule has 2 aliphatic heterocycles. The van der Waals surface area contributed by atoms with Crippen LogP contribution in [0.3, 0.4) is 0 Å². The van der Waals surface area contributed by atoms with E-state index in [1.165, 1.54) is 4.90 Å². The van der Waals surface area contributed by atoms with Gasteiger partial charge in [0.05, 0.1) is 5.69 Å². The molecule has 0 radical (unpaired) electrons. The third-order valence-electron chi connectivity index (χ3n) is 3.68. The molecule has 0 atom stereocenters. The molecule has 0 unspecified atom stereocenters. The van der Waals surface area contributed by atoms with E-state index in [1.807, 2.05) is 17.8 Å². The molecule has 1 aromatic carbocycles. The highest BCUT2D eigenvalue weighted by Crippen LogP contribution is 2.30. The minimum absolute atomic E-state index is 0.951. The average molecular weight is 311 g/mol. The van der Waals surface area contributed by atoms with E-state index in [0.29, 0.717) is 0 Å². The lowest BCUT2D eigenvalue weighted by molar-refractivity contribution is 0.358. The molecule has 0 aliphatic carbocycles. The van der Waals surface area contributed by atoms with E-state index in [-0.39, 0.29) is 0 Å². The summed E-state index contributed by atoms with van der Waals surface area (Å²) in [6, 6.07) is 8.35. The number of piperazine rings is 1. The third kappa shape index (κ3) is 3.70. The summed E-state index contributed by atoms with van der Waals surface area (Å²) in [6.07, 6.45) is 8.36. The van der Waals surface area contributed by atoms with E-state index in [9.17, 15) is 0 Å². The van der Waals surface area contributed by atoms with Crippen LogP contribution in [0, 0.1) is 0 Å². The molecule has 1 fully saturated rings. The van der Waals surface area contributed by atoms with Crippen LogP contribution in [-0.2, 0) is 0 Å². The van der Waals surface area contributed by atoms with Gasteiger partial charge in [-0.15, -0.1) is 11.8 Å².